The summed E-state index contributed by atoms with van der Waals surface area (Å²) in [5.41, 5.74) is 2.69. The molecule has 4 atom stereocenters. The van der Waals surface area contributed by atoms with E-state index in [1.54, 1.807) is 43.5 Å². The van der Waals surface area contributed by atoms with Gasteiger partial charge in [-0.05, 0) is 35.4 Å². The molecule has 7 rings (SSSR count). The number of hydrogen-bond donors (Lipinski definition) is 1. The van der Waals surface area contributed by atoms with Crippen molar-refractivity contribution in [1.82, 2.24) is 0 Å². The molecular formula is C34H26N2O4. The summed E-state index contributed by atoms with van der Waals surface area (Å²) in [6.45, 7) is 0. The Labute approximate surface area is 231 Å². The van der Waals surface area contributed by atoms with E-state index in [9.17, 15) is 14.4 Å². The number of fused-ring (bicyclic) bond motifs is 6. The Morgan fingerprint density at radius 1 is 0.825 bits per heavy atom. The number of ether oxygens (including phenoxy) is 1. The number of rotatable bonds is 5. The van der Waals surface area contributed by atoms with Gasteiger partial charge in [0.15, 0.2) is 11.6 Å². The molecule has 1 saturated heterocycles. The maximum absolute atomic E-state index is 14.8. The number of hydrogen-bond acceptors (Lipinski definition) is 5. The Hall–Kier alpha value is -4.97. The van der Waals surface area contributed by atoms with E-state index in [0.29, 0.717) is 22.6 Å². The number of amides is 1. The second kappa shape index (κ2) is 9.06. The van der Waals surface area contributed by atoms with Crippen LogP contribution in [0.15, 0.2) is 109 Å². The van der Waals surface area contributed by atoms with Gasteiger partial charge in [-0.2, -0.15) is 0 Å². The summed E-state index contributed by atoms with van der Waals surface area (Å²) in [6.07, 6.45) is 3.98. The zero-order valence-corrected chi connectivity index (χ0v) is 21.8. The fraction of sp³-hybridized carbons (Fsp3) is 0.147. The lowest BCUT2D eigenvalue weighted by Gasteiger charge is -2.37. The first-order valence-corrected chi connectivity index (χ1v) is 13.3. The third kappa shape index (κ3) is 3.26. The first kappa shape index (κ1) is 24.1. The normalized spacial score (nSPS) is 23.8. The third-order valence-corrected chi connectivity index (χ3v) is 8.51. The lowest BCUT2D eigenvalue weighted by Crippen LogP contribution is -2.51. The quantitative estimate of drug-likeness (QED) is 0.345. The van der Waals surface area contributed by atoms with Crippen molar-refractivity contribution in [2.45, 2.75) is 17.5 Å². The van der Waals surface area contributed by atoms with Gasteiger partial charge in [-0.3, -0.25) is 14.4 Å². The Bertz CT molecular complexity index is 1710. The van der Waals surface area contributed by atoms with Crippen LogP contribution in [0.5, 0.6) is 5.75 Å². The van der Waals surface area contributed by atoms with E-state index in [1.807, 2.05) is 83.8 Å². The van der Waals surface area contributed by atoms with E-state index in [4.69, 9.17) is 4.74 Å². The summed E-state index contributed by atoms with van der Waals surface area (Å²) in [5, 5.41) is 3.06. The topological polar surface area (TPSA) is 75.7 Å². The Balaban J connectivity index is 1.54. The van der Waals surface area contributed by atoms with E-state index >= 15 is 0 Å². The molecule has 0 bridgehead atoms. The van der Waals surface area contributed by atoms with Crippen LogP contribution >= 0.6 is 0 Å². The first-order chi connectivity index (χ1) is 19.6. The predicted molar refractivity (Wildman–Crippen MR) is 154 cm³/mol. The average Bonchev–Trinajstić information content (AvgIpc) is 3.49. The molecule has 3 aliphatic rings. The zero-order chi connectivity index (χ0) is 27.4. The molecule has 4 aromatic carbocycles. The van der Waals surface area contributed by atoms with Crippen molar-refractivity contribution in [3.05, 3.63) is 131 Å². The number of carbonyl (C=O) groups is 3. The molecule has 4 aromatic rings. The van der Waals surface area contributed by atoms with Gasteiger partial charge < -0.3 is 15.0 Å². The van der Waals surface area contributed by atoms with E-state index in [0.717, 1.165) is 16.8 Å². The van der Waals surface area contributed by atoms with Gasteiger partial charge in [0.1, 0.15) is 17.2 Å². The van der Waals surface area contributed by atoms with Crippen LogP contribution in [0.25, 0.3) is 6.08 Å². The van der Waals surface area contributed by atoms with Gasteiger partial charge in [0.25, 0.3) is 0 Å². The molecule has 0 radical (unpaired) electrons. The molecule has 3 aliphatic heterocycles. The fourth-order valence-electron chi connectivity index (χ4n) is 6.85. The molecule has 196 valence electrons. The molecule has 1 amide bonds. The second-order valence-corrected chi connectivity index (χ2v) is 10.4. The summed E-state index contributed by atoms with van der Waals surface area (Å²) in [6, 6.07) is 29.8. The number of anilines is 2. The molecule has 1 N–H and O–H groups in total. The monoisotopic (exact) mass is 526 g/mol. The number of benzene rings is 4. The number of para-hydroxylation sites is 2. The Kier molecular flexibility index (Phi) is 5.46. The van der Waals surface area contributed by atoms with Crippen LogP contribution in [-0.4, -0.2) is 36.7 Å². The van der Waals surface area contributed by atoms with Crippen molar-refractivity contribution in [1.29, 1.82) is 0 Å². The number of carbonyl (C=O) groups excluding carboxylic acids is 3. The van der Waals surface area contributed by atoms with Crippen molar-refractivity contribution in [2.24, 2.45) is 5.92 Å². The molecular weight excluding hydrogens is 500 g/mol. The minimum absolute atomic E-state index is 0.203. The summed E-state index contributed by atoms with van der Waals surface area (Å²) in [5.74, 6) is -1.25. The fourth-order valence-corrected chi connectivity index (χ4v) is 6.85. The molecule has 0 aliphatic carbocycles. The molecule has 0 aromatic heterocycles. The molecule has 1 spiro atoms. The van der Waals surface area contributed by atoms with Crippen LogP contribution in [0, 0.1) is 5.92 Å². The maximum Gasteiger partial charge on any atom is 0.238 e. The molecule has 1 fully saturated rings. The van der Waals surface area contributed by atoms with E-state index in [2.05, 4.69) is 5.32 Å². The van der Waals surface area contributed by atoms with Crippen LogP contribution in [0.2, 0.25) is 0 Å². The number of ketones is 2. The zero-order valence-electron chi connectivity index (χ0n) is 21.8. The van der Waals surface area contributed by atoms with Gasteiger partial charge in [0.2, 0.25) is 5.91 Å². The molecule has 3 heterocycles. The Morgan fingerprint density at radius 2 is 1.55 bits per heavy atom. The minimum atomic E-state index is -1.34. The summed E-state index contributed by atoms with van der Waals surface area (Å²) in [4.78, 5) is 45.7. The van der Waals surface area contributed by atoms with Crippen LogP contribution < -0.4 is 15.0 Å². The number of nitrogens with one attached hydrogen (secondary N) is 1. The lowest BCUT2D eigenvalue weighted by atomic mass is 9.64. The highest BCUT2D eigenvalue weighted by molar-refractivity contribution is 6.18. The molecule has 6 heteroatoms. The Morgan fingerprint density at radius 3 is 2.38 bits per heavy atom. The van der Waals surface area contributed by atoms with Crippen molar-refractivity contribution >= 4 is 34.9 Å². The highest BCUT2D eigenvalue weighted by atomic mass is 16.5. The second-order valence-electron chi connectivity index (χ2n) is 10.4. The third-order valence-electron chi connectivity index (χ3n) is 8.51. The number of Topliss-reactive ketones (excluding diaryl/α,β-unsaturated/α-hetero) is 2. The van der Waals surface area contributed by atoms with E-state index in [-0.39, 0.29) is 17.5 Å². The van der Waals surface area contributed by atoms with Crippen molar-refractivity contribution in [2.75, 3.05) is 17.3 Å². The van der Waals surface area contributed by atoms with E-state index < -0.39 is 23.4 Å². The van der Waals surface area contributed by atoms with Crippen LogP contribution in [0.4, 0.5) is 11.4 Å². The van der Waals surface area contributed by atoms with Gasteiger partial charge in [0, 0.05) is 22.5 Å². The molecule has 6 nitrogen and oxygen atoms in total. The van der Waals surface area contributed by atoms with Gasteiger partial charge in [-0.25, -0.2) is 0 Å². The van der Waals surface area contributed by atoms with Crippen molar-refractivity contribution in [3.8, 4) is 5.75 Å². The van der Waals surface area contributed by atoms with E-state index in [1.165, 1.54) is 0 Å². The highest BCUT2D eigenvalue weighted by Gasteiger charge is 2.70. The van der Waals surface area contributed by atoms with Crippen LogP contribution in [-0.2, 0) is 10.2 Å². The van der Waals surface area contributed by atoms with Crippen LogP contribution in [0.3, 0.4) is 0 Å². The molecule has 0 saturated carbocycles. The first-order valence-electron chi connectivity index (χ1n) is 13.3. The van der Waals surface area contributed by atoms with Crippen molar-refractivity contribution < 1.29 is 19.1 Å². The van der Waals surface area contributed by atoms with Gasteiger partial charge in [-0.1, -0.05) is 91.0 Å². The maximum atomic E-state index is 14.8. The summed E-state index contributed by atoms with van der Waals surface area (Å²) < 4.78 is 5.43. The SMILES string of the molecule is COc1cccc(C(=O)C2C(C(=O)c3ccccc3)N3c4ccccc4C=CC3C23C(=O)Nc2ccccc23)c1. The van der Waals surface area contributed by atoms with Gasteiger partial charge in [-0.15, -0.1) is 0 Å². The molecule has 40 heavy (non-hydrogen) atoms. The number of nitrogens with zero attached hydrogens (tertiary/aromatic N) is 1. The highest BCUT2D eigenvalue weighted by Crippen LogP contribution is 2.58. The summed E-state index contributed by atoms with van der Waals surface area (Å²) >= 11 is 0. The van der Waals surface area contributed by atoms with Gasteiger partial charge in [0.05, 0.1) is 19.1 Å². The predicted octanol–water partition coefficient (Wildman–Crippen LogP) is 5.55. The average molecular weight is 527 g/mol. The molecule has 4 unspecified atom stereocenters. The lowest BCUT2D eigenvalue weighted by molar-refractivity contribution is -0.121. The minimum Gasteiger partial charge on any atom is -0.497 e. The largest absolute Gasteiger partial charge is 0.497 e. The van der Waals surface area contributed by atoms with Crippen LogP contribution in [0.1, 0.15) is 31.8 Å². The smallest absolute Gasteiger partial charge is 0.238 e. The van der Waals surface area contributed by atoms with Gasteiger partial charge >= 0.3 is 0 Å². The van der Waals surface area contributed by atoms with Crippen molar-refractivity contribution in [3.63, 3.8) is 0 Å². The number of methoxy groups -OCH3 is 1. The summed E-state index contributed by atoms with van der Waals surface area (Å²) in [7, 11) is 1.55. The standard InChI is InChI=1S/C34H26N2O4/c1-40-24-14-9-13-23(20-24)31(37)29-30(32(38)22-11-3-2-4-12-22)36-27-17-8-5-10-21(27)18-19-28(36)34(29)25-15-6-7-16-26(25)35-33(34)39/h2-20,28-30H,1H3,(H,35,39).